The Balaban J connectivity index is 1.37. The summed E-state index contributed by atoms with van der Waals surface area (Å²) in [6.45, 7) is 3.65. The molecule has 0 radical (unpaired) electrons. The molecule has 3 aromatic carbocycles. The van der Waals surface area contributed by atoms with E-state index in [1.165, 1.54) is 6.07 Å². The first kappa shape index (κ1) is 23.9. The smallest absolute Gasteiger partial charge is 0.170 e. The van der Waals surface area contributed by atoms with Gasteiger partial charge < -0.3 is 4.90 Å². The van der Waals surface area contributed by atoms with E-state index < -0.39 is 0 Å². The van der Waals surface area contributed by atoms with Crippen LogP contribution >= 0.6 is 23.2 Å². The SMILES string of the molecule is Fc1ccccc1CN1CCN(c2ncnc3c2nc(-c2ccccc2Cl)n3-c2ccc(Cl)cc2)CC1. The highest BCUT2D eigenvalue weighted by Crippen LogP contribution is 2.35. The maximum Gasteiger partial charge on any atom is 0.170 e. The highest BCUT2D eigenvalue weighted by atomic mass is 35.5. The van der Waals surface area contributed by atoms with E-state index in [0.29, 0.717) is 39.1 Å². The van der Waals surface area contributed by atoms with Crippen molar-refractivity contribution in [1.29, 1.82) is 0 Å². The zero-order valence-electron chi connectivity index (χ0n) is 19.9. The molecule has 1 aliphatic rings. The molecule has 6 nitrogen and oxygen atoms in total. The quantitative estimate of drug-likeness (QED) is 0.267. The topological polar surface area (TPSA) is 50.1 Å². The first-order chi connectivity index (χ1) is 18.1. The maximum atomic E-state index is 14.1. The largest absolute Gasteiger partial charge is 0.352 e. The Morgan fingerprint density at radius 3 is 2.30 bits per heavy atom. The molecule has 1 fully saturated rings. The van der Waals surface area contributed by atoms with Crippen LogP contribution in [-0.2, 0) is 6.54 Å². The molecule has 6 rings (SSSR count). The van der Waals surface area contributed by atoms with Crippen molar-refractivity contribution in [2.24, 2.45) is 0 Å². The van der Waals surface area contributed by atoms with Gasteiger partial charge in [-0.1, -0.05) is 53.5 Å². The first-order valence-electron chi connectivity index (χ1n) is 12.0. The highest BCUT2D eigenvalue weighted by Gasteiger charge is 2.25. The number of aromatic nitrogens is 4. The molecular weight excluding hydrogens is 510 g/mol. The van der Waals surface area contributed by atoms with Gasteiger partial charge in [-0.2, -0.15) is 0 Å². The monoisotopic (exact) mass is 532 g/mol. The van der Waals surface area contributed by atoms with Crippen molar-refractivity contribution in [2.45, 2.75) is 6.54 Å². The van der Waals surface area contributed by atoms with Crippen molar-refractivity contribution >= 4 is 40.2 Å². The minimum Gasteiger partial charge on any atom is -0.352 e. The third-order valence-electron chi connectivity index (χ3n) is 6.65. The zero-order chi connectivity index (χ0) is 25.4. The number of anilines is 1. The normalized spacial score (nSPS) is 14.4. The average Bonchev–Trinajstić information content (AvgIpc) is 3.31. The lowest BCUT2D eigenvalue weighted by Crippen LogP contribution is -2.46. The van der Waals surface area contributed by atoms with Crippen LogP contribution in [0.3, 0.4) is 0 Å². The van der Waals surface area contributed by atoms with Gasteiger partial charge in [0.05, 0.1) is 5.02 Å². The van der Waals surface area contributed by atoms with Gasteiger partial charge in [0.1, 0.15) is 18.0 Å². The van der Waals surface area contributed by atoms with Gasteiger partial charge in [-0.3, -0.25) is 9.47 Å². The molecule has 1 aliphatic heterocycles. The van der Waals surface area contributed by atoms with Crippen LogP contribution in [0.4, 0.5) is 10.2 Å². The molecule has 37 heavy (non-hydrogen) atoms. The van der Waals surface area contributed by atoms with E-state index in [2.05, 4.69) is 19.8 Å². The van der Waals surface area contributed by atoms with Crippen LogP contribution < -0.4 is 4.90 Å². The molecule has 9 heteroatoms. The fourth-order valence-corrected chi connectivity index (χ4v) is 5.10. The van der Waals surface area contributed by atoms with Crippen molar-refractivity contribution in [2.75, 3.05) is 31.1 Å². The Labute approximate surface area is 223 Å². The lowest BCUT2D eigenvalue weighted by atomic mass is 10.2. The number of rotatable bonds is 5. The molecular formula is C28H23Cl2FN6. The minimum atomic E-state index is -0.165. The Kier molecular flexibility index (Phi) is 6.50. The average molecular weight is 533 g/mol. The van der Waals surface area contributed by atoms with Gasteiger partial charge in [0.25, 0.3) is 0 Å². The lowest BCUT2D eigenvalue weighted by Gasteiger charge is -2.35. The van der Waals surface area contributed by atoms with Crippen molar-refractivity contribution < 1.29 is 4.39 Å². The fraction of sp³-hybridized carbons (Fsp3) is 0.179. The second-order valence-corrected chi connectivity index (χ2v) is 9.79. The Hall–Kier alpha value is -3.52. The van der Waals surface area contributed by atoms with Crippen LogP contribution in [0, 0.1) is 5.82 Å². The molecule has 3 heterocycles. The molecule has 186 valence electrons. The molecule has 0 saturated carbocycles. The van der Waals surface area contributed by atoms with Gasteiger partial charge in [-0.05, 0) is 42.5 Å². The van der Waals surface area contributed by atoms with Crippen LogP contribution in [0.1, 0.15) is 5.56 Å². The molecule has 0 N–H and O–H groups in total. The van der Waals surface area contributed by atoms with Crippen molar-refractivity contribution in [3.63, 3.8) is 0 Å². The number of hydrogen-bond acceptors (Lipinski definition) is 5. The van der Waals surface area contributed by atoms with E-state index in [-0.39, 0.29) is 5.82 Å². The minimum absolute atomic E-state index is 0.165. The van der Waals surface area contributed by atoms with Gasteiger partial charge in [0, 0.05) is 54.6 Å². The van der Waals surface area contributed by atoms with E-state index in [9.17, 15) is 4.39 Å². The van der Waals surface area contributed by atoms with Crippen LogP contribution in [-0.4, -0.2) is 50.6 Å². The summed E-state index contributed by atoms with van der Waals surface area (Å²) in [5.74, 6) is 1.29. The van der Waals surface area contributed by atoms with Crippen molar-refractivity contribution in [1.82, 2.24) is 24.4 Å². The van der Waals surface area contributed by atoms with Gasteiger partial charge in [-0.25, -0.2) is 19.3 Å². The van der Waals surface area contributed by atoms with E-state index in [1.807, 2.05) is 65.2 Å². The summed E-state index contributed by atoms with van der Waals surface area (Å²) in [7, 11) is 0. The number of halogens is 3. The van der Waals surface area contributed by atoms with E-state index in [1.54, 1.807) is 12.4 Å². The van der Waals surface area contributed by atoms with Crippen LogP contribution in [0.5, 0.6) is 0 Å². The number of hydrogen-bond donors (Lipinski definition) is 0. The summed E-state index contributed by atoms with van der Waals surface area (Å²) in [5, 5.41) is 1.25. The Bertz CT molecular complexity index is 1560. The Morgan fingerprint density at radius 2 is 1.54 bits per heavy atom. The molecule has 0 spiro atoms. The summed E-state index contributed by atoms with van der Waals surface area (Å²) in [4.78, 5) is 18.8. The Morgan fingerprint density at radius 1 is 0.811 bits per heavy atom. The molecule has 2 aromatic heterocycles. The summed E-state index contributed by atoms with van der Waals surface area (Å²) in [5.41, 5.74) is 3.79. The van der Waals surface area contributed by atoms with Gasteiger partial charge in [0.15, 0.2) is 17.0 Å². The van der Waals surface area contributed by atoms with E-state index in [4.69, 9.17) is 28.2 Å². The summed E-state index contributed by atoms with van der Waals surface area (Å²) >= 11 is 12.8. The number of imidazole rings is 1. The van der Waals surface area contributed by atoms with E-state index in [0.717, 1.165) is 43.2 Å². The van der Waals surface area contributed by atoms with Gasteiger partial charge in [-0.15, -0.1) is 0 Å². The number of benzene rings is 3. The van der Waals surface area contributed by atoms with Crippen molar-refractivity contribution in [3.05, 3.63) is 101 Å². The second kappa shape index (κ2) is 10.1. The molecule has 0 atom stereocenters. The molecule has 0 amide bonds. The van der Waals surface area contributed by atoms with Crippen molar-refractivity contribution in [3.8, 4) is 17.1 Å². The number of fused-ring (bicyclic) bond motifs is 1. The lowest BCUT2D eigenvalue weighted by molar-refractivity contribution is 0.246. The van der Waals surface area contributed by atoms with Gasteiger partial charge in [0.2, 0.25) is 0 Å². The predicted molar refractivity (Wildman–Crippen MR) is 146 cm³/mol. The zero-order valence-corrected chi connectivity index (χ0v) is 21.4. The third-order valence-corrected chi connectivity index (χ3v) is 7.23. The summed E-state index contributed by atoms with van der Waals surface area (Å²) in [6, 6.07) is 22.1. The summed E-state index contributed by atoms with van der Waals surface area (Å²) in [6.07, 6.45) is 1.58. The standard InChI is InChI=1S/C28H23Cl2FN6/c29-20-9-11-21(12-10-20)37-26(22-6-2-3-7-23(22)30)34-25-27(32-18-33-28(25)37)36-15-13-35(14-16-36)17-19-5-1-4-8-24(19)31/h1-12,18H,13-17H2. The first-order valence-corrected chi connectivity index (χ1v) is 12.8. The maximum absolute atomic E-state index is 14.1. The highest BCUT2D eigenvalue weighted by molar-refractivity contribution is 6.33. The van der Waals surface area contributed by atoms with E-state index >= 15 is 0 Å². The van der Waals surface area contributed by atoms with Gasteiger partial charge >= 0.3 is 0 Å². The molecule has 1 saturated heterocycles. The van der Waals surface area contributed by atoms with Crippen LogP contribution in [0.15, 0.2) is 79.1 Å². The fourth-order valence-electron chi connectivity index (χ4n) is 4.76. The third kappa shape index (κ3) is 4.66. The number of piperazine rings is 1. The second-order valence-electron chi connectivity index (χ2n) is 8.95. The van der Waals surface area contributed by atoms with Crippen LogP contribution in [0.25, 0.3) is 28.2 Å². The van der Waals surface area contributed by atoms with Crippen LogP contribution in [0.2, 0.25) is 10.0 Å². The summed E-state index contributed by atoms with van der Waals surface area (Å²) < 4.78 is 16.1. The molecule has 0 unspecified atom stereocenters. The molecule has 0 bridgehead atoms. The molecule has 5 aromatic rings. The number of nitrogens with zero attached hydrogens (tertiary/aromatic N) is 6. The predicted octanol–water partition coefficient (Wildman–Crippen LogP) is 6.25. The molecule has 0 aliphatic carbocycles.